The van der Waals surface area contributed by atoms with Gasteiger partial charge in [0.25, 0.3) is 11.8 Å². The van der Waals surface area contributed by atoms with Crippen LogP contribution in [0.25, 0.3) is 11.1 Å². The van der Waals surface area contributed by atoms with Gasteiger partial charge in [-0.15, -0.1) is 0 Å². The van der Waals surface area contributed by atoms with E-state index in [0.717, 1.165) is 21.7 Å². The number of amides is 2. The molecule has 0 fully saturated rings. The second-order valence-corrected chi connectivity index (χ2v) is 8.67. The van der Waals surface area contributed by atoms with Gasteiger partial charge < -0.3 is 9.42 Å². The van der Waals surface area contributed by atoms with Crippen molar-refractivity contribution in [2.24, 2.45) is 0 Å². The molecule has 3 heterocycles. The molecule has 160 valence electrons. The quantitative estimate of drug-likeness (QED) is 0.499. The summed E-state index contributed by atoms with van der Waals surface area (Å²) in [4.78, 5) is 32.7. The van der Waals surface area contributed by atoms with Gasteiger partial charge in [-0.2, -0.15) is 0 Å². The van der Waals surface area contributed by atoms with Gasteiger partial charge in [0.1, 0.15) is 5.76 Å². The highest BCUT2D eigenvalue weighted by Gasteiger charge is 2.25. The molecule has 0 aliphatic carbocycles. The second-order valence-electron chi connectivity index (χ2n) is 7.59. The minimum atomic E-state index is -0.362. The number of aryl methyl sites for hydroxylation is 1. The van der Waals surface area contributed by atoms with Crippen LogP contribution in [0.4, 0.5) is 5.13 Å². The summed E-state index contributed by atoms with van der Waals surface area (Å²) in [6.07, 6.45) is 0.651. The maximum Gasteiger partial charge on any atom is 0.279 e. The number of hydrogen-bond acceptors (Lipinski definition) is 6. The summed E-state index contributed by atoms with van der Waals surface area (Å²) < 4.78 is 4.95. The van der Waals surface area contributed by atoms with E-state index in [2.05, 4.69) is 15.5 Å². The molecule has 2 aromatic carbocycles. The predicted molar refractivity (Wildman–Crippen MR) is 122 cm³/mol. The van der Waals surface area contributed by atoms with Crippen molar-refractivity contribution in [1.29, 1.82) is 0 Å². The maximum atomic E-state index is 13.1. The van der Waals surface area contributed by atoms with Crippen molar-refractivity contribution in [2.75, 3.05) is 11.9 Å². The number of hydrogen-bond donors (Lipinski definition) is 1. The van der Waals surface area contributed by atoms with Crippen molar-refractivity contribution in [3.05, 3.63) is 88.3 Å². The fraction of sp³-hybridized carbons (Fsp3) is 0.167. The van der Waals surface area contributed by atoms with E-state index in [-0.39, 0.29) is 17.5 Å². The summed E-state index contributed by atoms with van der Waals surface area (Å²) in [7, 11) is 0. The molecule has 0 saturated heterocycles. The van der Waals surface area contributed by atoms with Crippen molar-refractivity contribution >= 4 is 28.3 Å². The normalized spacial score (nSPS) is 13.0. The van der Waals surface area contributed by atoms with Crippen LogP contribution in [0.15, 0.2) is 65.2 Å². The zero-order valence-electron chi connectivity index (χ0n) is 17.4. The van der Waals surface area contributed by atoms with Crippen LogP contribution < -0.4 is 5.32 Å². The summed E-state index contributed by atoms with van der Waals surface area (Å²) in [5.41, 5.74) is 3.99. The Morgan fingerprint density at radius 2 is 1.81 bits per heavy atom. The Labute approximate surface area is 188 Å². The Bertz CT molecular complexity index is 1280. The zero-order chi connectivity index (χ0) is 22.1. The van der Waals surface area contributed by atoms with Crippen molar-refractivity contribution in [1.82, 2.24) is 15.0 Å². The third-order valence-corrected chi connectivity index (χ3v) is 6.34. The molecule has 0 saturated carbocycles. The maximum absolute atomic E-state index is 13.1. The first-order valence-corrected chi connectivity index (χ1v) is 11.1. The van der Waals surface area contributed by atoms with E-state index < -0.39 is 0 Å². The molecule has 2 amide bonds. The molecule has 0 unspecified atom stereocenters. The molecular weight excluding hydrogens is 424 g/mol. The molecule has 0 bridgehead atoms. The summed E-state index contributed by atoms with van der Waals surface area (Å²) in [5.74, 6) is 0.200. The highest BCUT2D eigenvalue weighted by atomic mass is 32.1. The number of carbonyl (C=O) groups excluding carboxylic acids is 2. The topological polar surface area (TPSA) is 88.3 Å². The van der Waals surface area contributed by atoms with Gasteiger partial charge in [-0.3, -0.25) is 14.9 Å². The van der Waals surface area contributed by atoms with Gasteiger partial charge in [0, 0.05) is 29.5 Å². The fourth-order valence-electron chi connectivity index (χ4n) is 3.68. The Hall–Kier alpha value is -3.78. The third-order valence-electron chi connectivity index (χ3n) is 5.34. The average Bonchev–Trinajstić information content (AvgIpc) is 3.44. The monoisotopic (exact) mass is 444 g/mol. The van der Waals surface area contributed by atoms with Crippen molar-refractivity contribution < 1.29 is 14.1 Å². The molecule has 32 heavy (non-hydrogen) atoms. The highest BCUT2D eigenvalue weighted by molar-refractivity contribution is 7.15. The number of benzene rings is 2. The number of nitrogens with one attached hydrogen (secondary N) is 1. The minimum Gasteiger partial charge on any atom is -0.361 e. The van der Waals surface area contributed by atoms with E-state index >= 15 is 0 Å². The van der Waals surface area contributed by atoms with Crippen LogP contribution in [-0.4, -0.2) is 33.4 Å². The Kier molecular flexibility index (Phi) is 5.28. The molecule has 0 atom stereocenters. The first-order chi connectivity index (χ1) is 15.6. The molecular formula is C24H20N4O3S. The van der Waals surface area contributed by atoms with Gasteiger partial charge in [-0.05, 0) is 30.2 Å². The van der Waals surface area contributed by atoms with Crippen LogP contribution in [0.1, 0.15) is 37.2 Å². The van der Waals surface area contributed by atoms with E-state index in [1.807, 2.05) is 59.5 Å². The summed E-state index contributed by atoms with van der Waals surface area (Å²) in [5, 5.41) is 7.00. The molecule has 1 aliphatic heterocycles. The van der Waals surface area contributed by atoms with Gasteiger partial charge in [0.15, 0.2) is 10.8 Å². The van der Waals surface area contributed by atoms with Crippen LogP contribution >= 0.6 is 11.3 Å². The van der Waals surface area contributed by atoms with Gasteiger partial charge in [0.2, 0.25) is 0 Å². The number of aromatic nitrogens is 2. The van der Waals surface area contributed by atoms with Crippen molar-refractivity contribution in [3.63, 3.8) is 0 Å². The lowest BCUT2D eigenvalue weighted by Crippen LogP contribution is -2.35. The molecule has 7 nitrogen and oxygen atoms in total. The molecule has 1 aliphatic rings. The van der Waals surface area contributed by atoms with E-state index in [4.69, 9.17) is 4.52 Å². The number of rotatable bonds is 4. The van der Waals surface area contributed by atoms with Crippen LogP contribution in [0, 0.1) is 6.92 Å². The smallest absolute Gasteiger partial charge is 0.279 e. The second kappa shape index (κ2) is 8.39. The minimum absolute atomic E-state index is 0.00711. The molecule has 1 N–H and O–H groups in total. The Morgan fingerprint density at radius 1 is 1.06 bits per heavy atom. The first-order valence-electron chi connectivity index (χ1n) is 10.2. The standard InChI is InChI=1S/C24H20N4O3S/c1-15-13-20(27-31-15)22(29)26-24-25-19-11-12-28(14-21(19)32-24)23(30)18-9-7-17(8-10-18)16-5-3-2-4-6-16/h2-10,13H,11-12,14H2,1H3,(H,25,26,29). The van der Waals surface area contributed by atoms with Crippen LogP contribution in [0.3, 0.4) is 0 Å². The van der Waals surface area contributed by atoms with Crippen molar-refractivity contribution in [3.8, 4) is 11.1 Å². The lowest BCUT2D eigenvalue weighted by Gasteiger charge is -2.26. The lowest BCUT2D eigenvalue weighted by atomic mass is 10.0. The highest BCUT2D eigenvalue weighted by Crippen LogP contribution is 2.29. The van der Waals surface area contributed by atoms with E-state index in [0.29, 0.717) is 36.0 Å². The van der Waals surface area contributed by atoms with Crippen LogP contribution in [-0.2, 0) is 13.0 Å². The number of fused-ring (bicyclic) bond motifs is 1. The van der Waals surface area contributed by atoms with E-state index in [1.54, 1.807) is 13.0 Å². The number of anilines is 1. The Balaban J connectivity index is 1.27. The third kappa shape index (κ3) is 4.04. The lowest BCUT2D eigenvalue weighted by molar-refractivity contribution is 0.0736. The van der Waals surface area contributed by atoms with Gasteiger partial charge in [-0.25, -0.2) is 4.98 Å². The number of thiazole rings is 1. The van der Waals surface area contributed by atoms with Gasteiger partial charge in [0.05, 0.1) is 12.2 Å². The molecule has 5 rings (SSSR count). The summed E-state index contributed by atoms with van der Waals surface area (Å²) in [6.45, 7) is 2.80. The number of nitrogens with zero attached hydrogens (tertiary/aromatic N) is 3. The van der Waals surface area contributed by atoms with Gasteiger partial charge >= 0.3 is 0 Å². The van der Waals surface area contributed by atoms with E-state index in [9.17, 15) is 9.59 Å². The summed E-state index contributed by atoms with van der Waals surface area (Å²) >= 11 is 1.39. The molecule has 4 aromatic rings. The van der Waals surface area contributed by atoms with Crippen molar-refractivity contribution in [2.45, 2.75) is 19.9 Å². The Morgan fingerprint density at radius 3 is 2.53 bits per heavy atom. The SMILES string of the molecule is Cc1cc(C(=O)Nc2nc3c(s2)CN(C(=O)c2ccc(-c4ccccc4)cc2)CC3)no1. The van der Waals surface area contributed by atoms with Crippen LogP contribution in [0.5, 0.6) is 0 Å². The summed E-state index contributed by atoms with van der Waals surface area (Å²) in [6, 6.07) is 19.4. The van der Waals surface area contributed by atoms with Gasteiger partial charge in [-0.1, -0.05) is 59.0 Å². The fourth-order valence-corrected chi connectivity index (χ4v) is 4.69. The largest absolute Gasteiger partial charge is 0.361 e. The van der Waals surface area contributed by atoms with E-state index in [1.165, 1.54) is 11.3 Å². The number of carbonyl (C=O) groups is 2. The molecule has 0 radical (unpaired) electrons. The average molecular weight is 445 g/mol. The molecule has 8 heteroatoms. The molecule has 0 spiro atoms. The zero-order valence-corrected chi connectivity index (χ0v) is 18.2. The first kappa shape index (κ1) is 20.1. The van der Waals surface area contributed by atoms with Crippen LogP contribution in [0.2, 0.25) is 0 Å². The predicted octanol–water partition coefficient (Wildman–Crippen LogP) is 4.56. The molecule has 2 aromatic heterocycles.